The molecular formula is C19H18N6O. The summed E-state index contributed by atoms with van der Waals surface area (Å²) < 4.78 is 1.68. The van der Waals surface area contributed by atoms with Gasteiger partial charge in [0.1, 0.15) is 11.2 Å². The van der Waals surface area contributed by atoms with E-state index in [2.05, 4.69) is 20.1 Å². The largest absolute Gasteiger partial charge is 0.494 e. The van der Waals surface area contributed by atoms with Crippen molar-refractivity contribution in [1.82, 2.24) is 24.7 Å². The van der Waals surface area contributed by atoms with E-state index in [9.17, 15) is 5.11 Å². The van der Waals surface area contributed by atoms with Gasteiger partial charge in [0.15, 0.2) is 5.88 Å². The number of rotatable bonds is 3. The molecule has 0 aromatic carbocycles. The fourth-order valence-corrected chi connectivity index (χ4v) is 2.99. The monoisotopic (exact) mass is 346 g/mol. The van der Waals surface area contributed by atoms with Crippen molar-refractivity contribution < 1.29 is 5.11 Å². The smallest absolute Gasteiger partial charge is 0.200 e. The molecular weight excluding hydrogens is 328 g/mol. The number of hydrogen-bond acceptors (Lipinski definition) is 5. The molecule has 0 aliphatic heterocycles. The summed E-state index contributed by atoms with van der Waals surface area (Å²) in [6.07, 6.45) is 7.04. The number of pyridine rings is 2. The molecule has 26 heavy (non-hydrogen) atoms. The van der Waals surface area contributed by atoms with Gasteiger partial charge in [-0.3, -0.25) is 9.67 Å². The number of aromatic nitrogens is 5. The van der Waals surface area contributed by atoms with Gasteiger partial charge >= 0.3 is 0 Å². The number of nitrogens with one attached hydrogen (secondary N) is 1. The van der Waals surface area contributed by atoms with Crippen LogP contribution in [0.3, 0.4) is 0 Å². The number of hydrogen-bond donors (Lipinski definition) is 2. The van der Waals surface area contributed by atoms with Crippen molar-refractivity contribution in [2.24, 2.45) is 12.0 Å². The molecule has 0 unspecified atom stereocenters. The predicted octanol–water partition coefficient (Wildman–Crippen LogP) is 3.51. The molecule has 7 nitrogen and oxygen atoms in total. The van der Waals surface area contributed by atoms with E-state index >= 15 is 0 Å². The van der Waals surface area contributed by atoms with Gasteiger partial charge in [0.25, 0.3) is 0 Å². The van der Waals surface area contributed by atoms with Crippen LogP contribution in [-0.2, 0) is 7.05 Å². The number of aryl methyl sites for hydroxylation is 2. The van der Waals surface area contributed by atoms with Gasteiger partial charge < -0.3 is 10.1 Å². The van der Waals surface area contributed by atoms with Crippen LogP contribution in [0.2, 0.25) is 0 Å². The number of aromatic hydroxyl groups is 1. The van der Waals surface area contributed by atoms with Crippen molar-refractivity contribution in [3.05, 3.63) is 54.1 Å². The maximum Gasteiger partial charge on any atom is 0.200 e. The highest BCUT2D eigenvalue weighted by Gasteiger charge is 2.17. The minimum atomic E-state index is 0.0534. The second kappa shape index (κ2) is 6.11. The second-order valence-electron chi connectivity index (χ2n) is 6.20. The molecule has 0 saturated heterocycles. The van der Waals surface area contributed by atoms with Crippen LogP contribution >= 0.6 is 0 Å². The molecule has 0 spiro atoms. The van der Waals surface area contributed by atoms with E-state index < -0.39 is 0 Å². The highest BCUT2D eigenvalue weighted by atomic mass is 16.3. The first kappa shape index (κ1) is 16.0. The number of fused-ring (bicyclic) bond motifs is 1. The van der Waals surface area contributed by atoms with E-state index in [1.807, 2.05) is 45.3 Å². The molecule has 0 aliphatic rings. The van der Waals surface area contributed by atoms with E-state index in [1.165, 1.54) is 0 Å². The molecule has 0 fully saturated rings. The lowest BCUT2D eigenvalue weighted by Gasteiger charge is -2.05. The third-order valence-electron chi connectivity index (χ3n) is 4.29. The Morgan fingerprint density at radius 3 is 2.81 bits per heavy atom. The first-order valence-corrected chi connectivity index (χ1v) is 8.20. The molecule has 0 atom stereocenters. The van der Waals surface area contributed by atoms with Crippen molar-refractivity contribution >= 4 is 22.4 Å². The Kier molecular flexibility index (Phi) is 3.76. The van der Waals surface area contributed by atoms with Crippen molar-refractivity contribution in [1.29, 1.82) is 0 Å². The highest BCUT2D eigenvalue weighted by Crippen LogP contribution is 2.30. The zero-order valence-electron chi connectivity index (χ0n) is 14.7. The first-order chi connectivity index (χ1) is 12.5. The zero-order chi connectivity index (χ0) is 18.3. The van der Waals surface area contributed by atoms with Gasteiger partial charge in [-0.15, -0.1) is 0 Å². The number of aromatic amines is 1. The molecule has 4 rings (SSSR count). The Labute approximate surface area is 150 Å². The molecule has 0 bridgehead atoms. The fourth-order valence-electron chi connectivity index (χ4n) is 2.99. The van der Waals surface area contributed by atoms with Crippen molar-refractivity contribution in [2.75, 3.05) is 0 Å². The lowest BCUT2D eigenvalue weighted by Crippen LogP contribution is -1.95. The van der Waals surface area contributed by atoms with Crippen LogP contribution in [0, 0.1) is 6.92 Å². The summed E-state index contributed by atoms with van der Waals surface area (Å²) in [4.78, 5) is 16.5. The molecule has 0 amide bonds. The van der Waals surface area contributed by atoms with Crippen LogP contribution in [0.5, 0.6) is 5.88 Å². The molecule has 0 aliphatic carbocycles. The van der Waals surface area contributed by atoms with Crippen molar-refractivity contribution in [3.63, 3.8) is 0 Å². The van der Waals surface area contributed by atoms with Gasteiger partial charge in [-0.25, -0.2) is 9.98 Å². The molecule has 0 saturated carbocycles. The third kappa shape index (κ3) is 2.73. The van der Waals surface area contributed by atoms with Crippen LogP contribution < -0.4 is 0 Å². The first-order valence-electron chi connectivity index (χ1n) is 8.20. The number of aliphatic imine (C=N–C) groups is 1. The average molecular weight is 346 g/mol. The Morgan fingerprint density at radius 2 is 2.08 bits per heavy atom. The quantitative estimate of drug-likeness (QED) is 0.555. The Hall–Kier alpha value is -3.48. The SMILES string of the molecule is CC(=Nc1cnn(C)c1)c1c(O)[nH]c2ccc(-c3cnccc3C)nc12. The van der Waals surface area contributed by atoms with E-state index in [0.717, 1.165) is 28.0 Å². The number of nitrogens with zero attached hydrogens (tertiary/aromatic N) is 5. The summed E-state index contributed by atoms with van der Waals surface area (Å²) in [6, 6.07) is 5.77. The molecule has 130 valence electrons. The Morgan fingerprint density at radius 1 is 1.23 bits per heavy atom. The summed E-state index contributed by atoms with van der Waals surface area (Å²) in [5, 5.41) is 14.5. The minimum Gasteiger partial charge on any atom is -0.494 e. The molecule has 4 aromatic rings. The second-order valence-corrected chi connectivity index (χ2v) is 6.20. The molecule has 0 radical (unpaired) electrons. The van der Waals surface area contributed by atoms with Crippen molar-refractivity contribution in [3.8, 4) is 17.1 Å². The van der Waals surface area contributed by atoms with E-state index in [-0.39, 0.29) is 5.88 Å². The van der Waals surface area contributed by atoms with Gasteiger partial charge in [-0.2, -0.15) is 5.10 Å². The molecule has 7 heteroatoms. The summed E-state index contributed by atoms with van der Waals surface area (Å²) in [5.41, 5.74) is 6.26. The molecule has 4 aromatic heterocycles. The summed E-state index contributed by atoms with van der Waals surface area (Å²) in [5.74, 6) is 0.0534. The fraction of sp³-hybridized carbons (Fsp3) is 0.158. The van der Waals surface area contributed by atoms with Gasteiger partial charge in [0.2, 0.25) is 0 Å². The van der Waals surface area contributed by atoms with Crippen LogP contribution in [0.15, 0.2) is 48.0 Å². The zero-order valence-corrected chi connectivity index (χ0v) is 14.7. The van der Waals surface area contributed by atoms with Gasteiger partial charge in [-0.1, -0.05) is 0 Å². The lowest BCUT2D eigenvalue weighted by molar-refractivity contribution is 0.457. The van der Waals surface area contributed by atoms with Crippen molar-refractivity contribution in [2.45, 2.75) is 13.8 Å². The summed E-state index contributed by atoms with van der Waals surface area (Å²) in [7, 11) is 1.83. The van der Waals surface area contributed by atoms with Crippen LogP contribution in [0.4, 0.5) is 5.69 Å². The standard InChI is InChI=1S/C19H18N6O/c1-11-6-7-20-9-14(11)15-4-5-16-18(23-15)17(19(26)24-16)12(2)22-13-8-21-25(3)10-13/h4-10,24,26H,1-3H3. The van der Waals surface area contributed by atoms with Crippen LogP contribution in [0.1, 0.15) is 18.1 Å². The average Bonchev–Trinajstić information content (AvgIpc) is 3.16. The number of H-pyrrole nitrogens is 1. The maximum atomic E-state index is 10.4. The molecule has 4 heterocycles. The van der Waals surface area contributed by atoms with Crippen LogP contribution in [-0.4, -0.2) is 35.6 Å². The van der Waals surface area contributed by atoms with Gasteiger partial charge in [0, 0.05) is 25.0 Å². The summed E-state index contributed by atoms with van der Waals surface area (Å²) >= 11 is 0. The lowest BCUT2D eigenvalue weighted by atomic mass is 10.1. The highest BCUT2D eigenvalue weighted by molar-refractivity contribution is 6.11. The minimum absolute atomic E-state index is 0.0534. The normalized spacial score (nSPS) is 12.0. The van der Waals surface area contributed by atoms with Gasteiger partial charge in [0.05, 0.1) is 34.9 Å². The van der Waals surface area contributed by atoms with E-state index in [0.29, 0.717) is 16.8 Å². The van der Waals surface area contributed by atoms with E-state index in [1.54, 1.807) is 23.3 Å². The maximum absolute atomic E-state index is 10.4. The van der Waals surface area contributed by atoms with Gasteiger partial charge in [-0.05, 0) is 37.6 Å². The summed E-state index contributed by atoms with van der Waals surface area (Å²) in [6.45, 7) is 3.87. The predicted molar refractivity (Wildman–Crippen MR) is 101 cm³/mol. The Bertz CT molecular complexity index is 1140. The van der Waals surface area contributed by atoms with Crippen LogP contribution in [0.25, 0.3) is 22.3 Å². The Balaban J connectivity index is 1.87. The molecule has 2 N–H and O–H groups in total. The topological polar surface area (TPSA) is 92.0 Å². The third-order valence-corrected chi connectivity index (χ3v) is 4.29. The van der Waals surface area contributed by atoms with E-state index in [4.69, 9.17) is 4.98 Å².